The summed E-state index contributed by atoms with van der Waals surface area (Å²) in [4.78, 5) is 36.9. The van der Waals surface area contributed by atoms with E-state index < -0.39 is 11.9 Å². The van der Waals surface area contributed by atoms with Gasteiger partial charge in [0.1, 0.15) is 11.4 Å². The topological polar surface area (TPSA) is 99.7 Å². The van der Waals surface area contributed by atoms with Crippen LogP contribution in [-0.2, 0) is 11.3 Å². The second kappa shape index (κ2) is 8.58. The number of hydrogen-bond acceptors (Lipinski definition) is 7. The van der Waals surface area contributed by atoms with E-state index in [2.05, 4.69) is 30.4 Å². The number of halogens is 1. The van der Waals surface area contributed by atoms with Crippen LogP contribution < -0.4 is 20.3 Å². The molecular formula is C23H27FN6O3. The number of benzene rings is 1. The number of ether oxygens (including phenoxy) is 1. The molecule has 3 heterocycles. The summed E-state index contributed by atoms with van der Waals surface area (Å²) < 4.78 is 21.0. The smallest absolute Gasteiger partial charge is 0.288 e. The van der Waals surface area contributed by atoms with Crippen molar-refractivity contribution in [2.75, 3.05) is 43.4 Å². The van der Waals surface area contributed by atoms with Gasteiger partial charge in [0.25, 0.3) is 11.8 Å². The van der Waals surface area contributed by atoms with Gasteiger partial charge in [-0.15, -0.1) is 0 Å². The van der Waals surface area contributed by atoms with E-state index in [9.17, 15) is 9.59 Å². The summed E-state index contributed by atoms with van der Waals surface area (Å²) in [6, 6.07) is 3.50. The molecule has 1 aromatic carbocycles. The van der Waals surface area contributed by atoms with Gasteiger partial charge in [-0.3, -0.25) is 14.5 Å². The average molecular weight is 455 g/mol. The Kier molecular flexibility index (Phi) is 5.61. The lowest BCUT2D eigenvalue weighted by atomic mass is 10.1. The third kappa shape index (κ3) is 4.22. The SMILES string of the molecule is CNC(=O)c1ncc(N2CCN(Cc3ccc4c(c3F)NC(=O)[C@@H](C3CC3)O4)CC2)c(C)n1. The maximum Gasteiger partial charge on any atom is 0.288 e. The van der Waals surface area contributed by atoms with Gasteiger partial charge in [-0.05, 0) is 25.8 Å². The quantitative estimate of drug-likeness (QED) is 0.710. The molecule has 0 unspecified atom stereocenters. The lowest BCUT2D eigenvalue weighted by Gasteiger charge is -2.36. The second-order valence-electron chi connectivity index (χ2n) is 8.78. The molecule has 1 aliphatic carbocycles. The van der Waals surface area contributed by atoms with E-state index >= 15 is 4.39 Å². The zero-order valence-electron chi connectivity index (χ0n) is 18.7. The molecule has 1 saturated carbocycles. The first kappa shape index (κ1) is 21.6. The molecule has 2 aromatic rings. The summed E-state index contributed by atoms with van der Waals surface area (Å²) in [7, 11) is 1.55. The van der Waals surface area contributed by atoms with E-state index in [1.165, 1.54) is 0 Å². The molecule has 0 bridgehead atoms. The monoisotopic (exact) mass is 454 g/mol. The fourth-order valence-corrected chi connectivity index (χ4v) is 4.41. The first-order chi connectivity index (χ1) is 15.9. The third-order valence-corrected chi connectivity index (χ3v) is 6.48. The Balaban J connectivity index is 1.23. The second-order valence-corrected chi connectivity index (χ2v) is 8.78. The number of nitrogens with one attached hydrogen (secondary N) is 2. The van der Waals surface area contributed by atoms with E-state index in [0.717, 1.165) is 50.4 Å². The molecule has 1 atom stereocenters. The lowest BCUT2D eigenvalue weighted by Crippen LogP contribution is -2.46. The fourth-order valence-electron chi connectivity index (χ4n) is 4.41. The number of aryl methyl sites for hydroxylation is 1. The summed E-state index contributed by atoms with van der Waals surface area (Å²) in [5.74, 6) is -0.188. The maximum atomic E-state index is 15.2. The first-order valence-electron chi connectivity index (χ1n) is 11.3. The van der Waals surface area contributed by atoms with Gasteiger partial charge in [-0.2, -0.15) is 0 Å². The van der Waals surface area contributed by atoms with Crippen molar-refractivity contribution in [2.24, 2.45) is 5.92 Å². The summed E-state index contributed by atoms with van der Waals surface area (Å²) in [6.07, 6.45) is 3.13. The van der Waals surface area contributed by atoms with Crippen molar-refractivity contribution in [3.8, 4) is 5.75 Å². The third-order valence-electron chi connectivity index (χ3n) is 6.48. The number of hydrogen-bond donors (Lipinski definition) is 2. The molecule has 33 heavy (non-hydrogen) atoms. The average Bonchev–Trinajstić information content (AvgIpc) is 3.66. The molecule has 9 nitrogen and oxygen atoms in total. The van der Waals surface area contributed by atoms with Crippen molar-refractivity contribution in [1.29, 1.82) is 0 Å². The van der Waals surface area contributed by atoms with Crippen LogP contribution in [0.3, 0.4) is 0 Å². The Hall–Kier alpha value is -3.27. The highest BCUT2D eigenvalue weighted by Crippen LogP contribution is 2.41. The number of nitrogens with zero attached hydrogens (tertiary/aromatic N) is 4. The van der Waals surface area contributed by atoms with Gasteiger partial charge in [-0.25, -0.2) is 14.4 Å². The zero-order chi connectivity index (χ0) is 23.1. The zero-order valence-corrected chi connectivity index (χ0v) is 18.7. The number of piperazine rings is 1. The Bertz CT molecular complexity index is 1100. The van der Waals surface area contributed by atoms with E-state index in [1.54, 1.807) is 25.4 Å². The van der Waals surface area contributed by atoms with Gasteiger partial charge >= 0.3 is 0 Å². The van der Waals surface area contributed by atoms with Crippen molar-refractivity contribution < 1.29 is 18.7 Å². The van der Waals surface area contributed by atoms with Crippen LogP contribution in [0.1, 0.15) is 34.7 Å². The number of carbonyl (C=O) groups excluding carboxylic acids is 2. The highest BCUT2D eigenvalue weighted by atomic mass is 19.1. The maximum absolute atomic E-state index is 15.2. The number of carbonyl (C=O) groups is 2. The molecule has 2 N–H and O–H groups in total. The molecule has 10 heteroatoms. The molecule has 174 valence electrons. The number of aromatic nitrogens is 2. The molecule has 1 saturated heterocycles. The molecular weight excluding hydrogens is 427 g/mol. The highest BCUT2D eigenvalue weighted by molar-refractivity contribution is 5.98. The van der Waals surface area contributed by atoms with Crippen LogP contribution in [0.5, 0.6) is 5.75 Å². The predicted octanol–water partition coefficient (Wildman–Crippen LogP) is 1.72. The number of anilines is 2. The van der Waals surface area contributed by atoms with Gasteiger partial charge in [0.2, 0.25) is 5.82 Å². The van der Waals surface area contributed by atoms with Crippen molar-refractivity contribution in [3.63, 3.8) is 0 Å². The van der Waals surface area contributed by atoms with Crippen LogP contribution in [0, 0.1) is 18.7 Å². The van der Waals surface area contributed by atoms with Crippen LogP contribution in [0.4, 0.5) is 15.8 Å². The minimum absolute atomic E-state index is 0.150. The summed E-state index contributed by atoms with van der Waals surface area (Å²) >= 11 is 0. The number of amides is 2. The van der Waals surface area contributed by atoms with Gasteiger partial charge in [0.15, 0.2) is 11.9 Å². The van der Waals surface area contributed by atoms with Gasteiger partial charge in [-0.1, -0.05) is 6.07 Å². The van der Waals surface area contributed by atoms with Crippen molar-refractivity contribution in [2.45, 2.75) is 32.4 Å². The van der Waals surface area contributed by atoms with Gasteiger partial charge in [0, 0.05) is 51.3 Å². The van der Waals surface area contributed by atoms with Crippen LogP contribution in [-0.4, -0.2) is 66.0 Å². The Morgan fingerprint density at radius 1 is 1.27 bits per heavy atom. The summed E-state index contributed by atoms with van der Waals surface area (Å²) in [5, 5.41) is 5.25. The fraction of sp³-hybridized carbons (Fsp3) is 0.478. The van der Waals surface area contributed by atoms with Crippen molar-refractivity contribution >= 4 is 23.2 Å². The molecule has 0 spiro atoms. The lowest BCUT2D eigenvalue weighted by molar-refractivity contribution is -0.124. The largest absolute Gasteiger partial charge is 0.478 e. The standard InChI is InChI=1S/C23H27FN6O3/c1-13-16(11-26-21(27-13)23(32)25-2)30-9-7-29(8-10-30)12-15-5-6-17-19(18(15)24)28-22(31)20(33-17)14-3-4-14/h5-6,11,14,20H,3-4,7-10,12H2,1-2H3,(H,25,32)(H,28,31)/t20-/m1/s1. The van der Waals surface area contributed by atoms with E-state index in [0.29, 0.717) is 17.9 Å². The van der Waals surface area contributed by atoms with E-state index in [1.807, 2.05) is 6.92 Å². The number of fused-ring (bicyclic) bond motifs is 1. The molecule has 2 aliphatic heterocycles. The predicted molar refractivity (Wildman–Crippen MR) is 120 cm³/mol. The normalized spacial score (nSPS) is 20.6. The molecule has 1 aromatic heterocycles. The Labute approximate surface area is 191 Å². The molecule has 2 amide bonds. The molecule has 0 radical (unpaired) electrons. The van der Waals surface area contributed by atoms with Crippen LogP contribution in [0.25, 0.3) is 0 Å². The van der Waals surface area contributed by atoms with Crippen molar-refractivity contribution in [3.05, 3.63) is 41.2 Å². The first-order valence-corrected chi connectivity index (χ1v) is 11.3. The Morgan fingerprint density at radius 3 is 2.70 bits per heavy atom. The summed E-state index contributed by atoms with van der Waals surface area (Å²) in [6.45, 7) is 5.25. The van der Waals surface area contributed by atoms with Crippen molar-refractivity contribution in [1.82, 2.24) is 20.2 Å². The van der Waals surface area contributed by atoms with Crippen LogP contribution in [0.15, 0.2) is 18.3 Å². The van der Waals surface area contributed by atoms with Gasteiger partial charge in [0.05, 0.1) is 17.6 Å². The number of rotatable bonds is 5. The minimum atomic E-state index is -0.506. The van der Waals surface area contributed by atoms with Gasteiger partial charge < -0.3 is 20.3 Å². The van der Waals surface area contributed by atoms with Crippen LogP contribution >= 0.6 is 0 Å². The highest BCUT2D eigenvalue weighted by Gasteiger charge is 2.41. The molecule has 5 rings (SSSR count). The Morgan fingerprint density at radius 2 is 2.03 bits per heavy atom. The van der Waals surface area contributed by atoms with E-state index in [4.69, 9.17) is 4.74 Å². The minimum Gasteiger partial charge on any atom is -0.478 e. The molecule has 2 fully saturated rings. The summed E-state index contributed by atoms with van der Waals surface area (Å²) in [5.41, 5.74) is 2.33. The van der Waals surface area contributed by atoms with Crippen LogP contribution in [0.2, 0.25) is 0 Å². The van der Waals surface area contributed by atoms with E-state index in [-0.39, 0.29) is 29.2 Å². The molecule has 3 aliphatic rings.